The average Bonchev–Trinajstić information content (AvgIpc) is 3.04. The van der Waals surface area contributed by atoms with Gasteiger partial charge in [-0.15, -0.1) is 0 Å². The van der Waals surface area contributed by atoms with Crippen LogP contribution in [0.25, 0.3) is 17.0 Å². The van der Waals surface area contributed by atoms with Crippen molar-refractivity contribution in [2.24, 2.45) is 0 Å². The molecule has 0 bridgehead atoms. The van der Waals surface area contributed by atoms with E-state index in [0.717, 1.165) is 29.1 Å². The molecule has 0 spiro atoms. The summed E-state index contributed by atoms with van der Waals surface area (Å²) < 4.78 is 87.7. The first kappa shape index (κ1) is 20.2. The molecule has 3 aromatic rings. The molecule has 0 unspecified atom stereocenters. The Morgan fingerprint density at radius 1 is 1.07 bits per heavy atom. The van der Waals surface area contributed by atoms with Crippen molar-refractivity contribution < 1.29 is 30.0 Å². The molecule has 0 fully saturated rings. The van der Waals surface area contributed by atoms with Crippen LogP contribution in [-0.2, 0) is 25.9 Å². The highest BCUT2D eigenvalue weighted by Gasteiger charge is 2.34. The number of pyridine rings is 1. The van der Waals surface area contributed by atoms with E-state index < -0.39 is 31.5 Å². The van der Waals surface area contributed by atoms with Gasteiger partial charge < -0.3 is 0 Å². The fraction of sp³-hybridized carbons (Fsp3) is 0.267. The smallest absolute Gasteiger partial charge is 0.233 e. The van der Waals surface area contributed by atoms with Gasteiger partial charge in [-0.3, -0.25) is 0 Å². The number of nitrogens with zero attached hydrogens (tertiary/aromatic N) is 4. The van der Waals surface area contributed by atoms with E-state index in [1.165, 1.54) is 13.0 Å². The van der Waals surface area contributed by atoms with E-state index in [1.807, 2.05) is 0 Å². The fourth-order valence-electron chi connectivity index (χ4n) is 2.38. The van der Waals surface area contributed by atoms with Gasteiger partial charge in [0, 0.05) is 18.5 Å². The number of hydrogen-bond acceptors (Lipinski definition) is 7. The molecule has 0 aromatic carbocycles. The SMILES string of the molecule is CCS(=O)(=O)c1ccc(S(C)(=O)=O)nc1-c1ccn2nc(C(F)(F)F)cc2n1. The quantitative estimate of drug-likeness (QED) is 0.617. The van der Waals surface area contributed by atoms with E-state index >= 15 is 0 Å². The van der Waals surface area contributed by atoms with Crippen molar-refractivity contribution in [1.82, 2.24) is 19.6 Å². The van der Waals surface area contributed by atoms with Gasteiger partial charge in [0.25, 0.3) is 0 Å². The summed E-state index contributed by atoms with van der Waals surface area (Å²) in [6.45, 7) is 1.40. The summed E-state index contributed by atoms with van der Waals surface area (Å²) in [5.41, 5.74) is -1.73. The molecular formula is C15H13F3N4O4S2. The van der Waals surface area contributed by atoms with Gasteiger partial charge in [-0.05, 0) is 18.2 Å². The van der Waals surface area contributed by atoms with Crippen LogP contribution in [0.2, 0.25) is 0 Å². The van der Waals surface area contributed by atoms with Crippen LogP contribution in [-0.4, -0.2) is 48.4 Å². The molecule has 13 heteroatoms. The highest BCUT2D eigenvalue weighted by atomic mass is 32.2. The molecule has 0 aliphatic heterocycles. The first-order valence-electron chi connectivity index (χ1n) is 7.71. The Morgan fingerprint density at radius 2 is 1.75 bits per heavy atom. The molecule has 0 atom stereocenters. The second-order valence-electron chi connectivity index (χ2n) is 5.81. The molecule has 0 amide bonds. The van der Waals surface area contributed by atoms with Gasteiger partial charge in [0.1, 0.15) is 5.69 Å². The van der Waals surface area contributed by atoms with Crippen molar-refractivity contribution in [3.05, 3.63) is 36.2 Å². The molecule has 0 saturated heterocycles. The predicted octanol–water partition coefficient (Wildman–Crippen LogP) is 2.01. The summed E-state index contributed by atoms with van der Waals surface area (Å²) in [4.78, 5) is 7.63. The number of fused-ring (bicyclic) bond motifs is 1. The fourth-order valence-corrected chi connectivity index (χ4v) is 3.98. The van der Waals surface area contributed by atoms with Crippen molar-refractivity contribution >= 4 is 25.3 Å². The lowest BCUT2D eigenvalue weighted by atomic mass is 10.2. The number of aromatic nitrogens is 4. The van der Waals surface area contributed by atoms with E-state index in [0.29, 0.717) is 6.07 Å². The molecule has 0 aliphatic carbocycles. The minimum Gasteiger partial charge on any atom is -0.233 e. The number of halogens is 3. The van der Waals surface area contributed by atoms with Gasteiger partial charge in [-0.25, -0.2) is 31.3 Å². The van der Waals surface area contributed by atoms with Crippen LogP contribution in [0.4, 0.5) is 13.2 Å². The Hall–Kier alpha value is -2.54. The normalized spacial score (nSPS) is 13.2. The van der Waals surface area contributed by atoms with Gasteiger partial charge in [0.2, 0.25) is 0 Å². The Morgan fingerprint density at radius 3 is 2.32 bits per heavy atom. The van der Waals surface area contributed by atoms with Crippen molar-refractivity contribution in [3.63, 3.8) is 0 Å². The minimum atomic E-state index is -4.68. The Labute approximate surface area is 157 Å². The summed E-state index contributed by atoms with van der Waals surface area (Å²) in [5, 5.41) is 2.97. The first-order valence-corrected chi connectivity index (χ1v) is 11.2. The van der Waals surface area contributed by atoms with Gasteiger partial charge in [-0.2, -0.15) is 18.3 Å². The maximum Gasteiger partial charge on any atom is 0.435 e. The molecule has 0 N–H and O–H groups in total. The van der Waals surface area contributed by atoms with Gasteiger partial charge in [-0.1, -0.05) is 6.92 Å². The monoisotopic (exact) mass is 434 g/mol. The zero-order valence-corrected chi connectivity index (χ0v) is 16.1. The Balaban J connectivity index is 2.29. The number of hydrogen-bond donors (Lipinski definition) is 0. The predicted molar refractivity (Wildman–Crippen MR) is 92.1 cm³/mol. The zero-order chi connectivity index (χ0) is 20.9. The third kappa shape index (κ3) is 3.71. The van der Waals surface area contributed by atoms with E-state index in [-0.39, 0.29) is 32.7 Å². The van der Waals surface area contributed by atoms with Crippen LogP contribution in [0.1, 0.15) is 12.6 Å². The summed E-state index contributed by atoms with van der Waals surface area (Å²) >= 11 is 0. The summed E-state index contributed by atoms with van der Waals surface area (Å²) in [5.74, 6) is -0.285. The number of alkyl halides is 3. The van der Waals surface area contributed by atoms with Crippen LogP contribution in [0.3, 0.4) is 0 Å². The topological polar surface area (TPSA) is 111 Å². The molecule has 3 aromatic heterocycles. The van der Waals surface area contributed by atoms with E-state index in [1.54, 1.807) is 0 Å². The largest absolute Gasteiger partial charge is 0.435 e. The lowest BCUT2D eigenvalue weighted by Gasteiger charge is -2.10. The lowest BCUT2D eigenvalue weighted by molar-refractivity contribution is -0.141. The highest BCUT2D eigenvalue weighted by molar-refractivity contribution is 7.91. The molecule has 0 aliphatic rings. The van der Waals surface area contributed by atoms with Crippen LogP contribution in [0, 0.1) is 0 Å². The highest BCUT2D eigenvalue weighted by Crippen LogP contribution is 2.30. The van der Waals surface area contributed by atoms with Crippen molar-refractivity contribution in [1.29, 1.82) is 0 Å². The summed E-state index contributed by atoms with van der Waals surface area (Å²) in [6, 6.07) is 4.06. The molecular weight excluding hydrogens is 421 g/mol. The zero-order valence-electron chi connectivity index (χ0n) is 14.5. The summed E-state index contributed by atoms with van der Waals surface area (Å²) in [6.07, 6.45) is -2.63. The molecule has 0 radical (unpaired) electrons. The first-order chi connectivity index (χ1) is 12.8. The maximum absolute atomic E-state index is 12.8. The van der Waals surface area contributed by atoms with Crippen molar-refractivity contribution in [2.75, 3.05) is 12.0 Å². The Kier molecular flexibility index (Phi) is 4.70. The van der Waals surface area contributed by atoms with Crippen LogP contribution in [0.15, 0.2) is 40.4 Å². The third-order valence-electron chi connectivity index (χ3n) is 3.79. The molecule has 3 rings (SSSR count). The van der Waals surface area contributed by atoms with E-state index in [4.69, 9.17) is 0 Å². The molecule has 150 valence electrons. The van der Waals surface area contributed by atoms with Gasteiger partial charge in [0.05, 0.1) is 16.3 Å². The standard InChI is InChI=1S/C15H13F3N4O4S2/c1-3-28(25,26)10-4-5-13(27(2,23)24)20-14(10)9-6-7-22-12(19-9)8-11(21-22)15(16,17)18/h4-8H,3H2,1-2H3. The Bertz CT molecular complexity index is 1280. The van der Waals surface area contributed by atoms with E-state index in [2.05, 4.69) is 15.1 Å². The maximum atomic E-state index is 12.8. The van der Waals surface area contributed by atoms with Crippen LogP contribution in [0.5, 0.6) is 0 Å². The minimum absolute atomic E-state index is 0.0985. The van der Waals surface area contributed by atoms with Crippen molar-refractivity contribution in [3.8, 4) is 11.4 Å². The second-order valence-corrected chi connectivity index (χ2v) is 10.0. The van der Waals surface area contributed by atoms with Crippen LogP contribution < -0.4 is 0 Å². The van der Waals surface area contributed by atoms with E-state index in [9.17, 15) is 30.0 Å². The van der Waals surface area contributed by atoms with Crippen LogP contribution >= 0.6 is 0 Å². The number of sulfone groups is 2. The second kappa shape index (κ2) is 6.51. The molecule has 28 heavy (non-hydrogen) atoms. The van der Waals surface area contributed by atoms with Gasteiger partial charge >= 0.3 is 6.18 Å². The molecule has 8 nitrogen and oxygen atoms in total. The summed E-state index contributed by atoms with van der Waals surface area (Å²) in [7, 11) is -7.57. The molecule has 0 saturated carbocycles. The van der Waals surface area contributed by atoms with Crippen molar-refractivity contribution in [2.45, 2.75) is 23.0 Å². The third-order valence-corrected chi connectivity index (χ3v) is 6.53. The number of rotatable bonds is 4. The lowest BCUT2D eigenvalue weighted by Crippen LogP contribution is -2.10. The average molecular weight is 434 g/mol. The molecule has 3 heterocycles. The van der Waals surface area contributed by atoms with Gasteiger partial charge in [0.15, 0.2) is 36.0 Å².